The molecule has 1 atom stereocenters. The van der Waals surface area contributed by atoms with Gasteiger partial charge in [-0.05, 0) is 36.2 Å². The number of amides is 3. The molecule has 25 heavy (non-hydrogen) atoms. The first-order valence-corrected chi connectivity index (χ1v) is 7.76. The van der Waals surface area contributed by atoms with Crippen LogP contribution in [0.1, 0.15) is 27.5 Å². The molecular weight excluding hydrogens is 316 g/mol. The van der Waals surface area contributed by atoms with E-state index in [1.807, 2.05) is 31.2 Å². The Morgan fingerprint density at radius 3 is 2.48 bits per heavy atom. The van der Waals surface area contributed by atoms with E-state index in [1.54, 1.807) is 38.4 Å². The number of urea groups is 1. The first-order valence-electron chi connectivity index (χ1n) is 7.76. The molecule has 0 unspecified atom stereocenters. The highest BCUT2D eigenvalue weighted by molar-refractivity contribution is 5.97. The van der Waals surface area contributed by atoms with Gasteiger partial charge >= 0.3 is 6.03 Å². The number of rotatable bonds is 4. The summed E-state index contributed by atoms with van der Waals surface area (Å²) in [5, 5.41) is 14.8. The number of aryl methyl sites for hydroxylation is 1. The molecule has 0 bridgehead atoms. The molecule has 2 aromatic carbocycles. The van der Waals surface area contributed by atoms with Crippen molar-refractivity contribution in [3.05, 3.63) is 65.2 Å². The van der Waals surface area contributed by atoms with Gasteiger partial charge in [0.15, 0.2) is 0 Å². The van der Waals surface area contributed by atoms with Crippen molar-refractivity contribution < 1.29 is 9.59 Å². The van der Waals surface area contributed by atoms with Gasteiger partial charge in [0, 0.05) is 25.3 Å². The summed E-state index contributed by atoms with van der Waals surface area (Å²) in [7, 11) is 3.26. The van der Waals surface area contributed by atoms with Crippen molar-refractivity contribution in [2.45, 2.75) is 13.0 Å². The number of carbonyl (C=O) groups is 2. The lowest BCUT2D eigenvalue weighted by Gasteiger charge is -2.15. The number of anilines is 1. The first kappa shape index (κ1) is 18.0. The van der Waals surface area contributed by atoms with E-state index < -0.39 is 6.04 Å². The third-order valence-corrected chi connectivity index (χ3v) is 3.69. The third-order valence-electron chi connectivity index (χ3n) is 3.69. The summed E-state index contributed by atoms with van der Waals surface area (Å²) in [5.74, 6) is -0.379. The number of hydrogen-bond donors (Lipinski definition) is 2. The fourth-order valence-electron chi connectivity index (χ4n) is 2.28. The Balaban J connectivity index is 2.16. The molecule has 0 aliphatic heterocycles. The summed E-state index contributed by atoms with van der Waals surface area (Å²) in [6, 6.07) is 15.1. The molecule has 0 radical (unpaired) electrons. The summed E-state index contributed by atoms with van der Waals surface area (Å²) < 4.78 is 0. The van der Waals surface area contributed by atoms with Crippen molar-refractivity contribution in [1.29, 1.82) is 5.26 Å². The summed E-state index contributed by atoms with van der Waals surface area (Å²) in [6.07, 6.45) is 0. The molecule has 0 aromatic heterocycles. The maximum atomic E-state index is 12.5. The van der Waals surface area contributed by atoms with Crippen LogP contribution in [0, 0.1) is 18.3 Å². The summed E-state index contributed by atoms with van der Waals surface area (Å²) in [4.78, 5) is 25.6. The van der Waals surface area contributed by atoms with Gasteiger partial charge in [0.05, 0.1) is 6.07 Å². The highest BCUT2D eigenvalue weighted by Crippen LogP contribution is 2.18. The molecule has 128 valence electrons. The number of nitrogens with zero attached hydrogens (tertiary/aromatic N) is 2. The van der Waals surface area contributed by atoms with Crippen LogP contribution >= 0.6 is 0 Å². The molecule has 0 aliphatic carbocycles. The minimum absolute atomic E-state index is 0.285. The standard InChI is InChI=1S/C19H20N4O2/c1-13-7-4-5-10-16(13)17(12-20)22-18(24)14-8-6-9-15(11-14)21-19(25)23(2)3/h4-11,17H,1-3H3,(H,21,25)(H,22,24)/t17-/m1/s1. The van der Waals surface area contributed by atoms with Gasteiger partial charge in [-0.25, -0.2) is 4.79 Å². The molecule has 6 heteroatoms. The Bertz CT molecular complexity index is 824. The highest BCUT2D eigenvalue weighted by atomic mass is 16.2. The fourth-order valence-corrected chi connectivity index (χ4v) is 2.28. The summed E-state index contributed by atoms with van der Waals surface area (Å²) in [6.45, 7) is 1.89. The van der Waals surface area contributed by atoms with Crippen LogP contribution in [0.3, 0.4) is 0 Å². The van der Waals surface area contributed by atoms with E-state index >= 15 is 0 Å². The molecule has 0 spiro atoms. The SMILES string of the molecule is Cc1ccccc1[C@@H](C#N)NC(=O)c1cccc(NC(=O)N(C)C)c1. The summed E-state index contributed by atoms with van der Waals surface area (Å²) >= 11 is 0. The van der Waals surface area contributed by atoms with Crippen molar-refractivity contribution in [3.8, 4) is 6.07 Å². The van der Waals surface area contributed by atoms with E-state index in [0.717, 1.165) is 11.1 Å². The van der Waals surface area contributed by atoms with Crippen LogP contribution in [0.2, 0.25) is 0 Å². The quantitative estimate of drug-likeness (QED) is 0.900. The van der Waals surface area contributed by atoms with Crippen molar-refractivity contribution >= 4 is 17.6 Å². The van der Waals surface area contributed by atoms with Crippen LogP contribution in [-0.2, 0) is 0 Å². The van der Waals surface area contributed by atoms with Crippen LogP contribution in [0.15, 0.2) is 48.5 Å². The normalized spacial score (nSPS) is 11.1. The molecule has 2 N–H and O–H groups in total. The molecule has 0 aliphatic rings. The minimum Gasteiger partial charge on any atom is -0.332 e. The average Bonchev–Trinajstić information content (AvgIpc) is 2.60. The minimum atomic E-state index is -0.742. The predicted molar refractivity (Wildman–Crippen MR) is 96.1 cm³/mol. The Labute approximate surface area is 147 Å². The van der Waals surface area contributed by atoms with Gasteiger partial charge in [-0.3, -0.25) is 4.79 Å². The van der Waals surface area contributed by atoms with E-state index in [-0.39, 0.29) is 11.9 Å². The third kappa shape index (κ3) is 4.58. The first-order chi connectivity index (χ1) is 11.9. The Morgan fingerprint density at radius 1 is 1.12 bits per heavy atom. The van der Waals surface area contributed by atoms with E-state index in [1.165, 1.54) is 4.90 Å². The second-order valence-electron chi connectivity index (χ2n) is 5.80. The number of nitrogens with one attached hydrogen (secondary N) is 2. The van der Waals surface area contributed by atoms with Gasteiger partial charge in [-0.1, -0.05) is 30.3 Å². The maximum absolute atomic E-state index is 12.5. The van der Waals surface area contributed by atoms with Gasteiger partial charge in [0.25, 0.3) is 5.91 Å². The van der Waals surface area contributed by atoms with Crippen LogP contribution in [0.5, 0.6) is 0 Å². The van der Waals surface area contributed by atoms with Gasteiger partial charge in [0.1, 0.15) is 6.04 Å². The zero-order valence-corrected chi connectivity index (χ0v) is 14.4. The van der Waals surface area contributed by atoms with Crippen molar-refractivity contribution in [2.24, 2.45) is 0 Å². The molecular formula is C19H20N4O2. The van der Waals surface area contributed by atoms with Gasteiger partial charge in [-0.2, -0.15) is 5.26 Å². The Morgan fingerprint density at radius 2 is 1.84 bits per heavy atom. The lowest BCUT2D eigenvalue weighted by Crippen LogP contribution is -2.29. The van der Waals surface area contributed by atoms with Gasteiger partial charge in [0.2, 0.25) is 0 Å². The second kappa shape index (κ2) is 7.97. The lowest BCUT2D eigenvalue weighted by atomic mass is 10.0. The largest absolute Gasteiger partial charge is 0.332 e. The zero-order chi connectivity index (χ0) is 18.4. The molecule has 6 nitrogen and oxygen atoms in total. The Kier molecular flexibility index (Phi) is 5.75. The molecule has 0 saturated carbocycles. The molecule has 3 amide bonds. The molecule has 0 heterocycles. The van der Waals surface area contributed by atoms with E-state index in [9.17, 15) is 14.9 Å². The molecule has 2 aromatic rings. The highest BCUT2D eigenvalue weighted by Gasteiger charge is 2.17. The number of nitriles is 1. The van der Waals surface area contributed by atoms with Crippen LogP contribution in [0.25, 0.3) is 0 Å². The molecule has 2 rings (SSSR count). The van der Waals surface area contributed by atoms with E-state index in [2.05, 4.69) is 16.7 Å². The smallest absolute Gasteiger partial charge is 0.321 e. The number of benzene rings is 2. The maximum Gasteiger partial charge on any atom is 0.321 e. The topological polar surface area (TPSA) is 85.2 Å². The van der Waals surface area contributed by atoms with E-state index in [0.29, 0.717) is 11.3 Å². The summed E-state index contributed by atoms with van der Waals surface area (Å²) in [5.41, 5.74) is 2.57. The van der Waals surface area contributed by atoms with Gasteiger partial charge < -0.3 is 15.5 Å². The number of hydrogen-bond acceptors (Lipinski definition) is 3. The van der Waals surface area contributed by atoms with Crippen LogP contribution in [-0.4, -0.2) is 30.9 Å². The molecule has 0 fully saturated rings. The van der Waals surface area contributed by atoms with Crippen LogP contribution in [0.4, 0.5) is 10.5 Å². The molecule has 0 saturated heterocycles. The Hall–Kier alpha value is -3.33. The van der Waals surface area contributed by atoms with Gasteiger partial charge in [-0.15, -0.1) is 0 Å². The van der Waals surface area contributed by atoms with Crippen molar-refractivity contribution in [1.82, 2.24) is 10.2 Å². The predicted octanol–water partition coefficient (Wildman–Crippen LogP) is 3.08. The zero-order valence-electron chi connectivity index (χ0n) is 14.4. The van der Waals surface area contributed by atoms with Crippen molar-refractivity contribution in [2.75, 3.05) is 19.4 Å². The monoisotopic (exact) mass is 336 g/mol. The van der Waals surface area contributed by atoms with Crippen molar-refractivity contribution in [3.63, 3.8) is 0 Å². The fraction of sp³-hybridized carbons (Fsp3) is 0.211. The number of carbonyl (C=O) groups excluding carboxylic acids is 2. The lowest BCUT2D eigenvalue weighted by molar-refractivity contribution is 0.0945. The van der Waals surface area contributed by atoms with E-state index in [4.69, 9.17) is 0 Å². The second-order valence-corrected chi connectivity index (χ2v) is 5.80. The van der Waals surface area contributed by atoms with Crippen LogP contribution < -0.4 is 10.6 Å². The average molecular weight is 336 g/mol.